The lowest BCUT2D eigenvalue weighted by molar-refractivity contribution is -0.145. The third-order valence-electron chi connectivity index (χ3n) is 4.91. The number of halogens is 1. The van der Waals surface area contributed by atoms with Gasteiger partial charge in [-0.05, 0) is 31.9 Å². The molecule has 2 heterocycles. The summed E-state index contributed by atoms with van der Waals surface area (Å²) >= 11 is 8.29. The number of benzene rings is 1. The second-order valence-electron chi connectivity index (χ2n) is 6.74. The average Bonchev–Trinajstić information content (AvgIpc) is 2.77. The summed E-state index contributed by atoms with van der Waals surface area (Å²) in [6, 6.07) is 8.15. The number of carboxylic acids is 1. The first-order valence-corrected chi connectivity index (χ1v) is 10.0. The Morgan fingerprint density at radius 1 is 1.31 bits per heavy atom. The Morgan fingerprint density at radius 2 is 2.08 bits per heavy atom. The number of likely N-dealkylation sites (tertiary alicyclic amines) is 1. The lowest BCUT2D eigenvalue weighted by Gasteiger charge is -2.28. The molecule has 0 saturated carbocycles. The van der Waals surface area contributed by atoms with Crippen molar-refractivity contribution in [3.8, 4) is 0 Å². The van der Waals surface area contributed by atoms with Gasteiger partial charge in [0, 0.05) is 41.0 Å². The number of hydrogen-bond donors (Lipinski definition) is 1. The molecular formula is C19H23ClN2O3S. The fraction of sp³-hybridized carbons (Fsp3) is 0.474. The number of hydrogen-bond acceptors (Lipinski definition) is 4. The highest BCUT2D eigenvalue weighted by Gasteiger charge is 2.26. The molecule has 1 N–H and O–H groups in total. The van der Waals surface area contributed by atoms with Gasteiger partial charge in [-0.1, -0.05) is 29.8 Å². The van der Waals surface area contributed by atoms with E-state index < -0.39 is 5.97 Å². The minimum Gasteiger partial charge on any atom is -0.480 e. The predicted molar refractivity (Wildman–Crippen MR) is 105 cm³/mol. The summed E-state index contributed by atoms with van der Waals surface area (Å²) in [7, 11) is 0. The highest BCUT2D eigenvalue weighted by molar-refractivity contribution is 7.19. The number of carbonyl (C=O) groups excluding carboxylic acids is 1. The molecule has 1 unspecified atom stereocenters. The van der Waals surface area contributed by atoms with E-state index in [2.05, 4.69) is 11.0 Å². The van der Waals surface area contributed by atoms with E-state index in [1.54, 1.807) is 11.3 Å². The summed E-state index contributed by atoms with van der Waals surface area (Å²) in [5.41, 5.74) is 0. The molecule has 1 aromatic carbocycles. The fourth-order valence-corrected chi connectivity index (χ4v) is 5.16. The van der Waals surface area contributed by atoms with Crippen LogP contribution >= 0.6 is 22.9 Å². The third-order valence-corrected chi connectivity index (χ3v) is 6.61. The number of thiophene rings is 1. The average molecular weight is 395 g/mol. The van der Waals surface area contributed by atoms with Crippen LogP contribution in [0.2, 0.25) is 5.02 Å². The van der Waals surface area contributed by atoms with Crippen LogP contribution in [0.4, 0.5) is 0 Å². The molecule has 0 aliphatic carbocycles. The van der Waals surface area contributed by atoms with Crippen LogP contribution in [0, 0.1) is 0 Å². The van der Waals surface area contributed by atoms with Gasteiger partial charge < -0.3 is 10.0 Å². The SMILES string of the molecule is CC(=O)N(CC(=O)O)C1CCCN(Cc2sc3ccccc3c2Cl)CC1. The van der Waals surface area contributed by atoms with E-state index in [1.165, 1.54) is 21.4 Å². The zero-order chi connectivity index (χ0) is 18.7. The zero-order valence-electron chi connectivity index (χ0n) is 14.8. The largest absolute Gasteiger partial charge is 0.480 e. The molecule has 2 aromatic rings. The summed E-state index contributed by atoms with van der Waals surface area (Å²) in [5.74, 6) is -1.13. The van der Waals surface area contributed by atoms with E-state index in [-0.39, 0.29) is 18.5 Å². The molecule has 1 aliphatic heterocycles. The quantitative estimate of drug-likeness (QED) is 0.836. The number of aliphatic carboxylic acids is 1. The van der Waals surface area contributed by atoms with Gasteiger partial charge >= 0.3 is 5.97 Å². The number of rotatable bonds is 5. The Bertz CT molecular complexity index is 807. The standard InChI is InChI=1S/C19H23ClN2O3S/c1-13(23)22(12-18(24)25)14-5-4-9-21(10-8-14)11-17-19(20)15-6-2-3-7-16(15)26-17/h2-3,6-7,14H,4-5,8-12H2,1H3,(H,24,25). The first kappa shape index (κ1) is 19.1. The molecule has 3 rings (SSSR count). The Labute approximate surface area is 162 Å². The van der Waals surface area contributed by atoms with E-state index >= 15 is 0 Å². The van der Waals surface area contributed by atoms with Crippen molar-refractivity contribution in [2.24, 2.45) is 0 Å². The van der Waals surface area contributed by atoms with Crippen LogP contribution in [0.3, 0.4) is 0 Å². The molecule has 0 bridgehead atoms. The maximum absolute atomic E-state index is 11.8. The topological polar surface area (TPSA) is 60.9 Å². The van der Waals surface area contributed by atoms with Gasteiger partial charge in [0.05, 0.1) is 5.02 Å². The second kappa shape index (κ2) is 8.37. The number of carboxylic acid groups (broad SMARTS) is 1. The van der Waals surface area contributed by atoms with Crippen molar-refractivity contribution in [2.75, 3.05) is 19.6 Å². The molecule has 26 heavy (non-hydrogen) atoms. The molecule has 7 heteroatoms. The van der Waals surface area contributed by atoms with Crippen LogP contribution in [0.25, 0.3) is 10.1 Å². The van der Waals surface area contributed by atoms with Crippen molar-refractivity contribution < 1.29 is 14.7 Å². The van der Waals surface area contributed by atoms with E-state index in [9.17, 15) is 9.59 Å². The number of nitrogens with zero attached hydrogens (tertiary/aromatic N) is 2. The summed E-state index contributed by atoms with van der Waals surface area (Å²) in [6.45, 7) is 3.78. The minimum atomic E-state index is -0.960. The highest BCUT2D eigenvalue weighted by Crippen LogP contribution is 2.36. The molecule has 1 atom stereocenters. The molecule has 1 fully saturated rings. The second-order valence-corrected chi connectivity index (χ2v) is 8.25. The van der Waals surface area contributed by atoms with E-state index in [4.69, 9.17) is 16.7 Å². The molecule has 5 nitrogen and oxygen atoms in total. The monoisotopic (exact) mass is 394 g/mol. The summed E-state index contributed by atoms with van der Waals surface area (Å²) in [6.07, 6.45) is 2.56. The predicted octanol–water partition coefficient (Wildman–Crippen LogP) is 3.84. The molecule has 1 amide bonds. The van der Waals surface area contributed by atoms with Gasteiger partial charge in [-0.2, -0.15) is 0 Å². The molecule has 1 aliphatic rings. The van der Waals surface area contributed by atoms with Crippen molar-refractivity contribution in [1.29, 1.82) is 0 Å². The number of amides is 1. The fourth-order valence-electron chi connectivity index (χ4n) is 3.62. The van der Waals surface area contributed by atoms with Gasteiger partial charge in [0.1, 0.15) is 6.54 Å². The molecule has 1 aromatic heterocycles. The maximum atomic E-state index is 11.8. The van der Waals surface area contributed by atoms with Crippen LogP contribution in [-0.4, -0.2) is 52.5 Å². The van der Waals surface area contributed by atoms with Gasteiger partial charge in [-0.25, -0.2) is 0 Å². The number of fused-ring (bicyclic) bond motifs is 1. The van der Waals surface area contributed by atoms with Crippen LogP contribution in [-0.2, 0) is 16.1 Å². The van der Waals surface area contributed by atoms with Gasteiger partial charge in [0.25, 0.3) is 0 Å². The van der Waals surface area contributed by atoms with Crippen molar-refractivity contribution >= 4 is 44.9 Å². The van der Waals surface area contributed by atoms with E-state index in [0.29, 0.717) is 0 Å². The van der Waals surface area contributed by atoms with Crippen molar-refractivity contribution in [3.63, 3.8) is 0 Å². The van der Waals surface area contributed by atoms with Crippen molar-refractivity contribution in [2.45, 2.75) is 38.8 Å². The molecule has 0 spiro atoms. The zero-order valence-corrected chi connectivity index (χ0v) is 16.4. The van der Waals surface area contributed by atoms with E-state index in [0.717, 1.165) is 49.3 Å². The van der Waals surface area contributed by atoms with Gasteiger partial charge in [0.2, 0.25) is 5.91 Å². The summed E-state index contributed by atoms with van der Waals surface area (Å²) in [5, 5.41) is 11.0. The lowest BCUT2D eigenvalue weighted by Crippen LogP contribution is -2.42. The normalized spacial score (nSPS) is 18.6. The van der Waals surface area contributed by atoms with E-state index in [1.807, 2.05) is 18.2 Å². The van der Waals surface area contributed by atoms with Crippen molar-refractivity contribution in [3.05, 3.63) is 34.2 Å². The first-order valence-electron chi connectivity index (χ1n) is 8.83. The Kier molecular flexibility index (Phi) is 6.16. The smallest absolute Gasteiger partial charge is 0.323 e. The molecular weight excluding hydrogens is 372 g/mol. The summed E-state index contributed by atoms with van der Waals surface area (Å²) < 4.78 is 1.20. The third kappa shape index (κ3) is 4.37. The van der Waals surface area contributed by atoms with Crippen LogP contribution in [0.1, 0.15) is 31.1 Å². The van der Waals surface area contributed by atoms with Gasteiger partial charge in [0.15, 0.2) is 0 Å². The minimum absolute atomic E-state index is 0.00789. The van der Waals surface area contributed by atoms with Gasteiger partial charge in [-0.3, -0.25) is 14.5 Å². The maximum Gasteiger partial charge on any atom is 0.323 e. The summed E-state index contributed by atoms with van der Waals surface area (Å²) in [4.78, 5) is 27.9. The lowest BCUT2D eigenvalue weighted by atomic mass is 10.1. The Hall–Kier alpha value is -1.63. The van der Waals surface area contributed by atoms with Gasteiger partial charge in [-0.15, -0.1) is 11.3 Å². The van der Waals surface area contributed by atoms with Crippen molar-refractivity contribution in [1.82, 2.24) is 9.80 Å². The number of carbonyl (C=O) groups is 2. The molecule has 1 saturated heterocycles. The van der Waals surface area contributed by atoms with Crippen LogP contribution in [0.5, 0.6) is 0 Å². The Morgan fingerprint density at radius 3 is 2.77 bits per heavy atom. The molecule has 140 valence electrons. The van der Waals surface area contributed by atoms with Crippen LogP contribution < -0.4 is 0 Å². The molecule has 0 radical (unpaired) electrons. The first-order chi connectivity index (χ1) is 12.5. The highest BCUT2D eigenvalue weighted by atomic mass is 35.5. The Balaban J connectivity index is 1.67. The van der Waals surface area contributed by atoms with Crippen LogP contribution in [0.15, 0.2) is 24.3 Å².